The van der Waals surface area contributed by atoms with E-state index < -0.39 is 0 Å². The molecule has 3 rings (SSSR count). The fraction of sp³-hybridized carbons (Fsp3) is 0.333. The summed E-state index contributed by atoms with van der Waals surface area (Å²) in [6.07, 6.45) is 0.735. The molecule has 0 fully saturated rings. The third-order valence-electron chi connectivity index (χ3n) is 4.18. The topological polar surface area (TPSA) is 60.5 Å². The number of nitrogens with zero attached hydrogens (tertiary/aromatic N) is 1. The van der Waals surface area contributed by atoms with E-state index in [2.05, 4.69) is 10.3 Å². The molecule has 5 nitrogen and oxygen atoms in total. The van der Waals surface area contributed by atoms with Gasteiger partial charge in [0.15, 0.2) is 4.34 Å². The van der Waals surface area contributed by atoms with Gasteiger partial charge in [0.2, 0.25) is 5.91 Å². The number of carbonyl (C=O) groups is 1. The van der Waals surface area contributed by atoms with Crippen molar-refractivity contribution in [1.29, 1.82) is 0 Å². The fourth-order valence-corrected chi connectivity index (χ4v) is 4.97. The number of thiazole rings is 1. The van der Waals surface area contributed by atoms with Gasteiger partial charge in [-0.3, -0.25) is 4.79 Å². The smallest absolute Gasteiger partial charge is 0.233 e. The van der Waals surface area contributed by atoms with Crippen LogP contribution in [0.4, 0.5) is 0 Å². The number of carbonyl (C=O) groups excluding carboxylic acids is 1. The summed E-state index contributed by atoms with van der Waals surface area (Å²) in [5, 5.41) is 2.85. The molecule has 3 aromatic rings. The van der Waals surface area contributed by atoms with Crippen LogP contribution >= 0.6 is 23.1 Å². The summed E-state index contributed by atoms with van der Waals surface area (Å²) in [5.74, 6) is 1.68. The maximum atomic E-state index is 12.6. The van der Waals surface area contributed by atoms with Crippen molar-refractivity contribution in [2.24, 2.45) is 0 Å². The van der Waals surface area contributed by atoms with E-state index in [1.807, 2.05) is 56.3 Å². The molecule has 1 N–H and O–H groups in total. The molecule has 1 atom stereocenters. The number of aromatic nitrogens is 1. The molecule has 1 heterocycles. The first kappa shape index (κ1) is 20.5. The average molecular weight is 417 g/mol. The van der Waals surface area contributed by atoms with Gasteiger partial charge in [-0.05, 0) is 49.2 Å². The molecule has 0 saturated heterocycles. The highest BCUT2D eigenvalue weighted by Crippen LogP contribution is 2.34. The van der Waals surface area contributed by atoms with Gasteiger partial charge in [-0.2, -0.15) is 0 Å². The van der Waals surface area contributed by atoms with Crippen LogP contribution in [-0.2, 0) is 11.3 Å². The van der Waals surface area contributed by atoms with E-state index in [0.29, 0.717) is 13.2 Å². The van der Waals surface area contributed by atoms with Gasteiger partial charge in [-0.1, -0.05) is 30.8 Å². The summed E-state index contributed by atoms with van der Waals surface area (Å²) >= 11 is 3.11. The molecule has 0 aliphatic rings. The van der Waals surface area contributed by atoms with Crippen LogP contribution in [0.25, 0.3) is 10.2 Å². The van der Waals surface area contributed by atoms with Gasteiger partial charge in [-0.25, -0.2) is 4.98 Å². The van der Waals surface area contributed by atoms with Crippen molar-refractivity contribution in [1.82, 2.24) is 10.3 Å². The van der Waals surface area contributed by atoms with Crippen LogP contribution in [0.1, 0.15) is 25.8 Å². The minimum absolute atomic E-state index is 0.0255. The van der Waals surface area contributed by atoms with Crippen LogP contribution in [0, 0.1) is 0 Å². The molecule has 28 heavy (non-hydrogen) atoms. The van der Waals surface area contributed by atoms with Crippen LogP contribution < -0.4 is 14.8 Å². The predicted octanol–water partition coefficient (Wildman–Crippen LogP) is 4.89. The Labute approximate surface area is 173 Å². The van der Waals surface area contributed by atoms with Gasteiger partial charge in [-0.15, -0.1) is 11.3 Å². The minimum atomic E-state index is -0.176. The lowest BCUT2D eigenvalue weighted by Gasteiger charge is -2.13. The lowest BCUT2D eigenvalue weighted by Crippen LogP contribution is -2.31. The molecule has 0 bridgehead atoms. The zero-order valence-electron chi connectivity index (χ0n) is 16.2. The number of thioether (sulfide) groups is 1. The summed E-state index contributed by atoms with van der Waals surface area (Å²) in [7, 11) is 1.64. The van der Waals surface area contributed by atoms with E-state index in [-0.39, 0.29) is 11.2 Å². The summed E-state index contributed by atoms with van der Waals surface area (Å²) in [4.78, 5) is 17.3. The maximum absolute atomic E-state index is 12.6. The molecule has 1 unspecified atom stereocenters. The molecule has 148 valence electrons. The molecular formula is C21H24N2O3S2. The third-order valence-corrected chi connectivity index (χ3v) is 6.66. The third kappa shape index (κ3) is 5.17. The Morgan fingerprint density at radius 2 is 1.93 bits per heavy atom. The van der Waals surface area contributed by atoms with Crippen LogP contribution in [0.5, 0.6) is 11.5 Å². The van der Waals surface area contributed by atoms with Crippen molar-refractivity contribution in [2.45, 2.75) is 36.4 Å². The Morgan fingerprint density at radius 1 is 1.18 bits per heavy atom. The highest BCUT2D eigenvalue weighted by Gasteiger charge is 2.20. The Bertz CT molecular complexity index is 925. The number of rotatable bonds is 9. The molecule has 0 saturated carbocycles. The Hall–Kier alpha value is -2.25. The summed E-state index contributed by atoms with van der Waals surface area (Å²) in [6.45, 7) is 5.12. The molecule has 0 radical (unpaired) electrons. The number of amides is 1. The summed E-state index contributed by atoms with van der Waals surface area (Å²) in [6, 6.07) is 13.6. The van der Waals surface area contributed by atoms with Crippen LogP contribution in [0.2, 0.25) is 0 Å². The molecule has 0 aliphatic heterocycles. The van der Waals surface area contributed by atoms with E-state index in [1.54, 1.807) is 18.4 Å². The molecule has 0 spiro atoms. The quantitative estimate of drug-likeness (QED) is 0.503. The minimum Gasteiger partial charge on any atom is -0.497 e. The Kier molecular flexibility index (Phi) is 7.17. The monoisotopic (exact) mass is 416 g/mol. The van der Waals surface area contributed by atoms with Crippen molar-refractivity contribution in [2.75, 3.05) is 13.7 Å². The molecule has 1 aromatic heterocycles. The first-order valence-corrected chi connectivity index (χ1v) is 10.9. The Morgan fingerprint density at radius 3 is 2.61 bits per heavy atom. The van der Waals surface area contributed by atoms with Gasteiger partial charge in [0.25, 0.3) is 0 Å². The second-order valence-electron chi connectivity index (χ2n) is 6.12. The van der Waals surface area contributed by atoms with Crippen molar-refractivity contribution in [3.63, 3.8) is 0 Å². The number of ether oxygens (including phenoxy) is 2. The zero-order chi connectivity index (χ0) is 19.9. The molecule has 0 aliphatic carbocycles. The number of hydrogen-bond acceptors (Lipinski definition) is 6. The lowest BCUT2D eigenvalue weighted by molar-refractivity contribution is -0.120. The zero-order valence-corrected chi connectivity index (χ0v) is 17.9. The van der Waals surface area contributed by atoms with Gasteiger partial charge in [0, 0.05) is 6.54 Å². The molecular weight excluding hydrogens is 392 g/mol. The molecule has 2 aromatic carbocycles. The van der Waals surface area contributed by atoms with Crippen LogP contribution in [0.15, 0.2) is 46.8 Å². The van der Waals surface area contributed by atoms with Crippen molar-refractivity contribution >= 4 is 39.2 Å². The number of methoxy groups -OCH3 is 1. The van der Waals surface area contributed by atoms with Crippen molar-refractivity contribution in [3.05, 3.63) is 48.0 Å². The molecule has 1 amide bonds. The first-order chi connectivity index (χ1) is 13.6. The lowest BCUT2D eigenvalue weighted by atomic mass is 10.2. The number of benzene rings is 2. The second-order valence-corrected chi connectivity index (χ2v) is 8.60. The fourth-order valence-electron chi connectivity index (χ4n) is 2.68. The largest absolute Gasteiger partial charge is 0.497 e. The summed E-state index contributed by atoms with van der Waals surface area (Å²) in [5.41, 5.74) is 1.97. The van der Waals surface area contributed by atoms with E-state index >= 15 is 0 Å². The van der Waals surface area contributed by atoms with Crippen molar-refractivity contribution in [3.8, 4) is 11.5 Å². The summed E-state index contributed by atoms with van der Waals surface area (Å²) < 4.78 is 12.7. The highest BCUT2D eigenvalue weighted by molar-refractivity contribution is 8.02. The second kappa shape index (κ2) is 9.80. The number of nitrogens with one attached hydrogen (secondary N) is 1. The van der Waals surface area contributed by atoms with Gasteiger partial charge in [0.05, 0.1) is 29.2 Å². The standard InChI is InChI=1S/C21H24N2O3S2/c1-4-18(20(24)22-13-14-6-8-15(25-3)9-7-14)27-21-23-17-11-10-16(26-5-2)12-19(17)28-21/h6-12,18H,4-5,13H2,1-3H3,(H,22,24). The molecule has 7 heteroatoms. The Balaban J connectivity index is 1.62. The maximum Gasteiger partial charge on any atom is 0.233 e. The van der Waals surface area contributed by atoms with Gasteiger partial charge in [0.1, 0.15) is 11.5 Å². The van der Waals surface area contributed by atoms with E-state index in [9.17, 15) is 4.79 Å². The van der Waals surface area contributed by atoms with Crippen LogP contribution in [0.3, 0.4) is 0 Å². The SMILES string of the molecule is CCOc1ccc2nc(SC(CC)C(=O)NCc3ccc(OC)cc3)sc2c1. The number of fused-ring (bicyclic) bond motifs is 1. The van der Waals surface area contributed by atoms with E-state index in [4.69, 9.17) is 9.47 Å². The van der Waals surface area contributed by atoms with Crippen LogP contribution in [-0.4, -0.2) is 29.9 Å². The highest BCUT2D eigenvalue weighted by atomic mass is 32.2. The normalized spacial score (nSPS) is 12.0. The van der Waals surface area contributed by atoms with E-state index in [1.165, 1.54) is 11.8 Å². The average Bonchev–Trinajstić information content (AvgIpc) is 3.12. The number of hydrogen-bond donors (Lipinski definition) is 1. The van der Waals surface area contributed by atoms with E-state index in [0.717, 1.165) is 38.0 Å². The first-order valence-electron chi connectivity index (χ1n) is 9.23. The van der Waals surface area contributed by atoms with Gasteiger partial charge >= 0.3 is 0 Å². The van der Waals surface area contributed by atoms with Gasteiger partial charge < -0.3 is 14.8 Å². The predicted molar refractivity (Wildman–Crippen MR) is 116 cm³/mol. The van der Waals surface area contributed by atoms with Crippen molar-refractivity contribution < 1.29 is 14.3 Å².